The first-order chi connectivity index (χ1) is 7.24. The highest BCUT2D eigenvalue weighted by atomic mass is 79.9. The number of halogens is 1. The molecule has 0 bridgehead atoms. The van der Waals surface area contributed by atoms with Crippen LogP contribution in [0.1, 0.15) is 6.42 Å². The molecule has 1 aliphatic rings. The molecular weight excluding hydrogens is 256 g/mol. The van der Waals surface area contributed by atoms with Crippen LogP contribution in [0.2, 0.25) is 0 Å². The maximum Gasteiger partial charge on any atom is 0.156 e. The number of ether oxygens (including phenoxy) is 1. The van der Waals surface area contributed by atoms with Crippen LogP contribution in [-0.2, 0) is 0 Å². The number of nitrogens with two attached hydrogens (primary N) is 1. The van der Waals surface area contributed by atoms with Crippen LogP contribution in [-0.4, -0.2) is 26.2 Å². The summed E-state index contributed by atoms with van der Waals surface area (Å²) in [5, 5.41) is 0. The Morgan fingerprint density at radius 1 is 1.60 bits per heavy atom. The zero-order valence-corrected chi connectivity index (χ0v) is 10.3. The molecule has 0 aromatic heterocycles. The van der Waals surface area contributed by atoms with Crippen LogP contribution in [0.3, 0.4) is 0 Å². The molecule has 0 saturated carbocycles. The van der Waals surface area contributed by atoms with Crippen LogP contribution in [0, 0.1) is 0 Å². The summed E-state index contributed by atoms with van der Waals surface area (Å²) < 4.78 is 6.76. The molecule has 1 aliphatic heterocycles. The Morgan fingerprint density at radius 2 is 2.40 bits per heavy atom. The molecule has 1 unspecified atom stereocenters. The van der Waals surface area contributed by atoms with Crippen LogP contribution >= 0.6 is 15.9 Å². The van der Waals surface area contributed by atoms with E-state index < -0.39 is 0 Å². The van der Waals surface area contributed by atoms with Crippen LogP contribution in [0.4, 0.5) is 5.69 Å². The second-order valence-electron chi connectivity index (χ2n) is 3.74. The Morgan fingerprint density at radius 3 is 3.13 bits per heavy atom. The van der Waals surface area contributed by atoms with E-state index in [9.17, 15) is 0 Å². The Hall–Kier alpha value is -0.740. The second kappa shape index (κ2) is 4.41. The third kappa shape index (κ3) is 1.96. The molecule has 1 aromatic rings. The highest BCUT2D eigenvalue weighted by molar-refractivity contribution is 9.10. The first kappa shape index (κ1) is 10.8. The average molecular weight is 271 g/mol. The van der Waals surface area contributed by atoms with Crippen molar-refractivity contribution < 1.29 is 4.74 Å². The summed E-state index contributed by atoms with van der Waals surface area (Å²) in [5.74, 6) is 0.938. The number of benzene rings is 1. The fraction of sp³-hybridized carbons (Fsp3) is 0.455. The van der Waals surface area contributed by atoms with Gasteiger partial charge in [-0.25, -0.2) is 0 Å². The Bertz CT molecular complexity index is 356. The fourth-order valence-corrected chi connectivity index (χ4v) is 2.35. The highest BCUT2D eigenvalue weighted by Crippen LogP contribution is 2.39. The summed E-state index contributed by atoms with van der Waals surface area (Å²) in [6.07, 6.45) is 0.961. The molecule has 2 N–H and O–H groups in total. The van der Waals surface area contributed by atoms with E-state index in [1.807, 2.05) is 12.1 Å². The van der Waals surface area contributed by atoms with Gasteiger partial charge >= 0.3 is 0 Å². The lowest BCUT2D eigenvalue weighted by atomic mass is 10.1. The molecule has 0 spiro atoms. The van der Waals surface area contributed by atoms with E-state index in [-0.39, 0.29) is 0 Å². The zero-order chi connectivity index (χ0) is 10.8. The van der Waals surface area contributed by atoms with Gasteiger partial charge in [0.15, 0.2) is 5.75 Å². The fourth-order valence-electron chi connectivity index (χ4n) is 1.88. The number of fused-ring (bicyclic) bond motifs is 1. The maximum atomic E-state index is 5.75. The maximum absolute atomic E-state index is 5.75. The number of nitrogens with zero attached hydrogens (tertiary/aromatic N) is 1. The molecule has 1 atom stereocenters. The van der Waals surface area contributed by atoms with Gasteiger partial charge in [-0.05, 0) is 41.0 Å². The van der Waals surface area contributed by atoms with E-state index in [1.165, 1.54) is 0 Å². The number of hydrogen-bond acceptors (Lipinski definition) is 3. The molecule has 0 radical (unpaired) electrons. The first-order valence-electron chi connectivity index (χ1n) is 5.08. The lowest BCUT2D eigenvalue weighted by Crippen LogP contribution is -2.41. The number of rotatable bonds is 2. The van der Waals surface area contributed by atoms with Crippen LogP contribution < -0.4 is 15.4 Å². The van der Waals surface area contributed by atoms with Gasteiger partial charge in [0.05, 0.1) is 16.2 Å². The van der Waals surface area contributed by atoms with Gasteiger partial charge in [-0.1, -0.05) is 6.07 Å². The largest absolute Gasteiger partial charge is 0.488 e. The van der Waals surface area contributed by atoms with E-state index in [4.69, 9.17) is 10.5 Å². The normalized spacial score (nSPS) is 19.7. The van der Waals surface area contributed by atoms with Crippen molar-refractivity contribution in [2.24, 2.45) is 5.73 Å². The number of anilines is 1. The third-order valence-electron chi connectivity index (χ3n) is 2.79. The SMILES string of the molecule is CN1c2cccc(Br)c2OCC1CCN. The standard InChI is InChI=1S/C11H15BrN2O/c1-14-8(5-6-13)7-15-11-9(12)3-2-4-10(11)14/h2-4,8H,5-7,13H2,1H3. The van der Waals surface area contributed by atoms with Gasteiger partial charge in [-0.2, -0.15) is 0 Å². The predicted octanol–water partition coefficient (Wildman–Crippen LogP) is 2.00. The molecule has 0 amide bonds. The minimum atomic E-state index is 0.386. The topological polar surface area (TPSA) is 38.5 Å². The smallest absolute Gasteiger partial charge is 0.156 e. The predicted molar refractivity (Wildman–Crippen MR) is 65.5 cm³/mol. The summed E-state index contributed by atoms with van der Waals surface area (Å²) in [4.78, 5) is 2.25. The molecular formula is C11H15BrN2O. The van der Waals surface area contributed by atoms with E-state index in [1.54, 1.807) is 0 Å². The minimum Gasteiger partial charge on any atom is -0.488 e. The van der Waals surface area contributed by atoms with E-state index in [2.05, 4.69) is 33.9 Å². The molecule has 4 heteroatoms. The van der Waals surface area contributed by atoms with Crippen molar-refractivity contribution in [1.29, 1.82) is 0 Å². The monoisotopic (exact) mass is 270 g/mol. The van der Waals surface area contributed by atoms with Crippen LogP contribution in [0.15, 0.2) is 22.7 Å². The summed E-state index contributed by atoms with van der Waals surface area (Å²) in [5.41, 5.74) is 6.71. The second-order valence-corrected chi connectivity index (χ2v) is 4.60. The first-order valence-corrected chi connectivity index (χ1v) is 5.87. The van der Waals surface area contributed by atoms with Gasteiger partial charge in [0.1, 0.15) is 6.61 Å². The van der Waals surface area contributed by atoms with E-state index in [0.717, 1.165) is 22.3 Å². The Labute approximate surface area is 98.3 Å². The van der Waals surface area contributed by atoms with Crippen LogP contribution in [0.25, 0.3) is 0 Å². The van der Waals surface area contributed by atoms with E-state index >= 15 is 0 Å². The molecule has 1 heterocycles. The number of likely N-dealkylation sites (N-methyl/N-ethyl adjacent to an activating group) is 1. The van der Waals surface area contributed by atoms with Crippen LogP contribution in [0.5, 0.6) is 5.75 Å². The zero-order valence-electron chi connectivity index (χ0n) is 8.74. The summed E-state index contributed by atoms with van der Waals surface area (Å²) in [7, 11) is 2.09. The molecule has 3 nitrogen and oxygen atoms in total. The van der Waals surface area contributed by atoms with Crippen molar-refractivity contribution in [3.63, 3.8) is 0 Å². The number of para-hydroxylation sites is 1. The average Bonchev–Trinajstić information content (AvgIpc) is 2.23. The molecule has 0 saturated heterocycles. The number of hydrogen-bond donors (Lipinski definition) is 1. The summed E-state index contributed by atoms with van der Waals surface area (Å²) in [6.45, 7) is 1.41. The molecule has 0 fully saturated rings. The summed E-state index contributed by atoms with van der Waals surface area (Å²) in [6, 6.07) is 6.48. The van der Waals surface area contributed by atoms with Crippen molar-refractivity contribution in [2.75, 3.05) is 25.1 Å². The van der Waals surface area contributed by atoms with Gasteiger partial charge < -0.3 is 15.4 Å². The Balaban J connectivity index is 2.30. The minimum absolute atomic E-state index is 0.386. The van der Waals surface area contributed by atoms with Crippen molar-refractivity contribution in [1.82, 2.24) is 0 Å². The van der Waals surface area contributed by atoms with Gasteiger partial charge in [-0.15, -0.1) is 0 Å². The lowest BCUT2D eigenvalue weighted by Gasteiger charge is -2.36. The highest BCUT2D eigenvalue weighted by Gasteiger charge is 2.25. The molecule has 82 valence electrons. The quantitative estimate of drug-likeness (QED) is 0.894. The van der Waals surface area contributed by atoms with E-state index in [0.29, 0.717) is 19.2 Å². The van der Waals surface area contributed by atoms with Gasteiger partial charge in [0.25, 0.3) is 0 Å². The molecule has 15 heavy (non-hydrogen) atoms. The van der Waals surface area contributed by atoms with Gasteiger partial charge in [0, 0.05) is 7.05 Å². The summed E-state index contributed by atoms with van der Waals surface area (Å²) >= 11 is 3.49. The molecule has 2 rings (SSSR count). The van der Waals surface area contributed by atoms with Gasteiger partial charge in [0.2, 0.25) is 0 Å². The van der Waals surface area contributed by atoms with Crippen molar-refractivity contribution >= 4 is 21.6 Å². The third-order valence-corrected chi connectivity index (χ3v) is 3.42. The van der Waals surface area contributed by atoms with Gasteiger partial charge in [-0.3, -0.25) is 0 Å². The molecule has 1 aromatic carbocycles. The van der Waals surface area contributed by atoms with Crippen molar-refractivity contribution in [2.45, 2.75) is 12.5 Å². The van der Waals surface area contributed by atoms with Crippen molar-refractivity contribution in [3.8, 4) is 5.75 Å². The molecule has 0 aliphatic carbocycles. The lowest BCUT2D eigenvalue weighted by molar-refractivity contribution is 0.260. The Kier molecular flexibility index (Phi) is 3.17. The van der Waals surface area contributed by atoms with Crippen molar-refractivity contribution in [3.05, 3.63) is 22.7 Å².